The number of hydrogen-bond donors (Lipinski definition) is 1. The number of rotatable bonds is 7. The summed E-state index contributed by atoms with van der Waals surface area (Å²) >= 11 is 5.84. The van der Waals surface area contributed by atoms with Gasteiger partial charge >= 0.3 is 0 Å². The van der Waals surface area contributed by atoms with Gasteiger partial charge in [-0.05, 0) is 54.1 Å². The molecule has 142 valence electrons. The van der Waals surface area contributed by atoms with Gasteiger partial charge in [0.25, 0.3) is 5.91 Å². The van der Waals surface area contributed by atoms with Crippen molar-refractivity contribution in [2.24, 2.45) is 0 Å². The smallest absolute Gasteiger partial charge is 0.259 e. The summed E-state index contributed by atoms with van der Waals surface area (Å²) in [5.41, 5.74) is 1.58. The van der Waals surface area contributed by atoms with Gasteiger partial charge in [0.1, 0.15) is 18.2 Å². The number of nitrogens with one attached hydrogen (secondary N) is 1. The van der Waals surface area contributed by atoms with Gasteiger partial charge in [-0.2, -0.15) is 0 Å². The molecule has 3 rings (SSSR count). The predicted molar refractivity (Wildman–Crippen MR) is 106 cm³/mol. The highest BCUT2D eigenvalue weighted by Gasteiger charge is 2.14. The number of anilines is 1. The Hall–Kier alpha value is -3.18. The van der Waals surface area contributed by atoms with Crippen molar-refractivity contribution in [3.05, 3.63) is 94.8 Å². The number of ether oxygens (including phenoxy) is 1. The Bertz CT molecular complexity index is 972. The van der Waals surface area contributed by atoms with E-state index in [9.17, 15) is 14.0 Å². The van der Waals surface area contributed by atoms with Crippen LogP contribution in [-0.2, 0) is 11.2 Å². The van der Waals surface area contributed by atoms with E-state index in [1.165, 1.54) is 24.3 Å². The number of halogens is 2. The fourth-order valence-electron chi connectivity index (χ4n) is 2.55. The molecule has 0 heterocycles. The highest BCUT2D eigenvalue weighted by molar-refractivity contribution is 6.30. The molecule has 1 N–H and O–H groups in total. The zero-order valence-electron chi connectivity index (χ0n) is 14.8. The first-order chi connectivity index (χ1) is 13.5. The van der Waals surface area contributed by atoms with Gasteiger partial charge in [0.05, 0.1) is 5.56 Å². The minimum absolute atomic E-state index is 0.129. The summed E-state index contributed by atoms with van der Waals surface area (Å²) in [6.07, 6.45) is 0.209. The second-order valence-electron chi connectivity index (χ2n) is 6.09. The lowest BCUT2D eigenvalue weighted by atomic mass is 10.1. The van der Waals surface area contributed by atoms with Gasteiger partial charge in [0.15, 0.2) is 5.78 Å². The van der Waals surface area contributed by atoms with Crippen LogP contribution >= 0.6 is 11.6 Å². The number of carbonyl (C=O) groups excluding carboxylic acids is 2. The molecule has 0 fully saturated rings. The second-order valence-corrected chi connectivity index (χ2v) is 6.52. The summed E-state index contributed by atoms with van der Waals surface area (Å²) in [5.74, 6) is -0.629. The van der Waals surface area contributed by atoms with Crippen molar-refractivity contribution in [2.45, 2.75) is 6.42 Å². The Morgan fingerprint density at radius 1 is 0.929 bits per heavy atom. The van der Waals surface area contributed by atoms with Crippen LogP contribution in [0, 0.1) is 5.82 Å². The summed E-state index contributed by atoms with van der Waals surface area (Å²) in [4.78, 5) is 24.7. The van der Waals surface area contributed by atoms with Crippen molar-refractivity contribution < 1.29 is 18.7 Å². The van der Waals surface area contributed by atoms with Crippen LogP contribution < -0.4 is 10.1 Å². The fraction of sp³-hybridized carbons (Fsp3) is 0.0909. The van der Waals surface area contributed by atoms with Crippen LogP contribution in [0.25, 0.3) is 0 Å². The summed E-state index contributed by atoms with van der Waals surface area (Å²) in [5, 5.41) is 3.28. The molecule has 0 aliphatic heterocycles. The molecule has 0 radical (unpaired) electrons. The lowest BCUT2D eigenvalue weighted by Crippen LogP contribution is -2.17. The zero-order valence-corrected chi connectivity index (χ0v) is 15.6. The number of hydrogen-bond acceptors (Lipinski definition) is 3. The van der Waals surface area contributed by atoms with E-state index in [1.807, 2.05) is 0 Å². The Kier molecular flexibility index (Phi) is 6.40. The van der Waals surface area contributed by atoms with Crippen LogP contribution in [0.5, 0.6) is 5.75 Å². The molecule has 0 unspecified atom stereocenters. The summed E-state index contributed by atoms with van der Waals surface area (Å²) in [6, 6.07) is 19.1. The summed E-state index contributed by atoms with van der Waals surface area (Å²) < 4.78 is 18.6. The molecule has 6 heteroatoms. The molecule has 0 aromatic heterocycles. The van der Waals surface area contributed by atoms with E-state index in [4.69, 9.17) is 16.3 Å². The quantitative estimate of drug-likeness (QED) is 0.615. The maximum Gasteiger partial charge on any atom is 0.259 e. The number of amides is 1. The molecule has 0 bridgehead atoms. The van der Waals surface area contributed by atoms with Crippen molar-refractivity contribution in [3.63, 3.8) is 0 Å². The molecule has 3 aromatic rings. The van der Waals surface area contributed by atoms with Crippen molar-refractivity contribution in [1.29, 1.82) is 0 Å². The van der Waals surface area contributed by atoms with Gasteiger partial charge in [0.2, 0.25) is 0 Å². The summed E-state index contributed by atoms with van der Waals surface area (Å²) in [7, 11) is 0. The van der Waals surface area contributed by atoms with Crippen molar-refractivity contribution in [2.75, 3.05) is 11.9 Å². The molecule has 0 spiro atoms. The first-order valence-electron chi connectivity index (χ1n) is 8.56. The summed E-state index contributed by atoms with van der Waals surface area (Å²) in [6.45, 7) is -0.163. The first kappa shape index (κ1) is 19.6. The van der Waals surface area contributed by atoms with Crippen LogP contribution in [0.1, 0.15) is 15.9 Å². The Balaban J connectivity index is 1.63. The fourth-order valence-corrected chi connectivity index (χ4v) is 2.68. The van der Waals surface area contributed by atoms with E-state index in [-0.39, 0.29) is 30.2 Å². The standard InChI is InChI=1S/C22H17ClFNO3/c23-16-7-5-15(6-8-16)13-19(26)14-28-21-4-2-1-3-20(21)22(27)25-18-11-9-17(24)10-12-18/h1-12H,13-14H2,(H,25,27). The number of Topliss-reactive ketones (excluding diaryl/α,β-unsaturated/α-hetero) is 1. The van der Waals surface area contributed by atoms with Crippen molar-refractivity contribution in [3.8, 4) is 5.75 Å². The van der Waals surface area contributed by atoms with Crippen LogP contribution in [-0.4, -0.2) is 18.3 Å². The molecule has 0 saturated heterocycles. The first-order valence-corrected chi connectivity index (χ1v) is 8.94. The minimum atomic E-state index is -0.410. The van der Waals surface area contributed by atoms with E-state index in [0.717, 1.165) is 5.56 Å². The van der Waals surface area contributed by atoms with Gasteiger partial charge in [-0.1, -0.05) is 35.9 Å². The van der Waals surface area contributed by atoms with Gasteiger partial charge in [-0.25, -0.2) is 4.39 Å². The van der Waals surface area contributed by atoms with E-state index in [1.54, 1.807) is 48.5 Å². The number of carbonyl (C=O) groups is 2. The molecule has 1 amide bonds. The monoisotopic (exact) mass is 397 g/mol. The van der Waals surface area contributed by atoms with Crippen LogP contribution in [0.4, 0.5) is 10.1 Å². The Labute approximate surface area is 166 Å². The SMILES string of the molecule is O=C(COc1ccccc1C(=O)Nc1ccc(F)cc1)Cc1ccc(Cl)cc1. The molecule has 0 aliphatic rings. The second kappa shape index (κ2) is 9.15. The van der Waals surface area contributed by atoms with Crippen molar-refractivity contribution >= 4 is 29.0 Å². The third-order valence-electron chi connectivity index (χ3n) is 3.94. The Morgan fingerprint density at radius 2 is 1.61 bits per heavy atom. The van der Waals surface area contributed by atoms with Crippen molar-refractivity contribution in [1.82, 2.24) is 0 Å². The molecular formula is C22H17ClFNO3. The molecule has 3 aromatic carbocycles. The van der Waals surface area contributed by atoms with E-state index in [2.05, 4.69) is 5.32 Å². The molecule has 0 atom stereocenters. The predicted octanol–water partition coefficient (Wildman–Crippen LogP) is 4.92. The number of benzene rings is 3. The highest BCUT2D eigenvalue weighted by atomic mass is 35.5. The van der Waals surface area contributed by atoms with Crippen LogP contribution in [0.15, 0.2) is 72.8 Å². The molecule has 28 heavy (non-hydrogen) atoms. The van der Waals surface area contributed by atoms with Gasteiger partial charge in [0, 0.05) is 17.1 Å². The largest absolute Gasteiger partial charge is 0.485 e. The van der Waals surface area contributed by atoms with Gasteiger partial charge in [-0.3, -0.25) is 9.59 Å². The molecule has 0 saturated carbocycles. The normalized spacial score (nSPS) is 10.4. The lowest BCUT2D eigenvalue weighted by molar-refractivity contribution is -0.120. The molecule has 0 aliphatic carbocycles. The third-order valence-corrected chi connectivity index (χ3v) is 4.19. The third kappa shape index (κ3) is 5.41. The van der Waals surface area contributed by atoms with Gasteiger partial charge < -0.3 is 10.1 Å². The van der Waals surface area contributed by atoms with Crippen LogP contribution in [0.2, 0.25) is 5.02 Å². The highest BCUT2D eigenvalue weighted by Crippen LogP contribution is 2.20. The van der Waals surface area contributed by atoms with Crippen LogP contribution in [0.3, 0.4) is 0 Å². The lowest BCUT2D eigenvalue weighted by Gasteiger charge is -2.11. The topological polar surface area (TPSA) is 55.4 Å². The maximum atomic E-state index is 13.0. The average Bonchev–Trinajstić information content (AvgIpc) is 2.70. The van der Waals surface area contributed by atoms with E-state index in [0.29, 0.717) is 16.5 Å². The van der Waals surface area contributed by atoms with Gasteiger partial charge in [-0.15, -0.1) is 0 Å². The maximum absolute atomic E-state index is 13.0. The average molecular weight is 398 g/mol. The minimum Gasteiger partial charge on any atom is -0.485 e. The van der Waals surface area contributed by atoms with E-state index < -0.39 is 5.91 Å². The molecular weight excluding hydrogens is 381 g/mol. The van der Waals surface area contributed by atoms with E-state index >= 15 is 0 Å². The number of para-hydroxylation sites is 1. The zero-order chi connectivity index (χ0) is 19.9. The number of ketones is 1. The molecule has 4 nitrogen and oxygen atoms in total. The Morgan fingerprint density at radius 3 is 2.32 bits per heavy atom.